The van der Waals surface area contributed by atoms with E-state index in [1.54, 1.807) is 0 Å². The number of hydrogen-bond donors (Lipinski definition) is 0. The van der Waals surface area contributed by atoms with Gasteiger partial charge in [-0.3, -0.25) is 9.59 Å². The first-order valence-corrected chi connectivity index (χ1v) is 9.22. The third-order valence-electron chi connectivity index (χ3n) is 4.71. The Balaban J connectivity index is 2.34. The van der Waals surface area contributed by atoms with Gasteiger partial charge in [0.1, 0.15) is 0 Å². The van der Waals surface area contributed by atoms with Gasteiger partial charge in [-0.2, -0.15) is 0 Å². The van der Waals surface area contributed by atoms with Crippen LogP contribution in [0.5, 0.6) is 0 Å². The van der Waals surface area contributed by atoms with Crippen molar-refractivity contribution >= 4 is 11.6 Å². The Bertz CT molecular complexity index is 753. The lowest BCUT2D eigenvalue weighted by Crippen LogP contribution is -2.29. The highest BCUT2D eigenvalue weighted by Crippen LogP contribution is 2.31. The van der Waals surface area contributed by atoms with Gasteiger partial charge in [-0.25, -0.2) is 0 Å². The Morgan fingerprint density at radius 2 is 1.35 bits per heavy atom. The lowest BCUT2D eigenvalue weighted by Gasteiger charge is -2.27. The van der Waals surface area contributed by atoms with E-state index in [-0.39, 0.29) is 29.3 Å². The molecule has 2 heteroatoms. The van der Waals surface area contributed by atoms with Crippen LogP contribution in [0.1, 0.15) is 54.8 Å². The van der Waals surface area contributed by atoms with Crippen LogP contribution >= 0.6 is 0 Å². The molecular weight excluding hydrogens is 320 g/mol. The Morgan fingerprint density at radius 1 is 0.846 bits per heavy atom. The van der Waals surface area contributed by atoms with E-state index >= 15 is 0 Å². The zero-order chi connectivity index (χ0) is 19.1. The number of Topliss-reactive ketones (excluding diaryl/α,β-unsaturated/α-hetero) is 2. The maximum Gasteiger partial charge on any atom is 0.170 e. The number of hydrogen-bond acceptors (Lipinski definition) is 2. The monoisotopic (exact) mass is 348 g/mol. The molecule has 0 saturated carbocycles. The van der Waals surface area contributed by atoms with Crippen molar-refractivity contribution in [2.75, 3.05) is 0 Å². The van der Waals surface area contributed by atoms with Gasteiger partial charge in [0.2, 0.25) is 0 Å². The molecule has 0 aliphatic carbocycles. The van der Waals surface area contributed by atoms with E-state index in [9.17, 15) is 9.59 Å². The summed E-state index contributed by atoms with van der Waals surface area (Å²) in [6.07, 6.45) is 2.40. The topological polar surface area (TPSA) is 34.1 Å². The van der Waals surface area contributed by atoms with Gasteiger partial charge < -0.3 is 0 Å². The Labute approximate surface area is 157 Å². The zero-order valence-corrected chi connectivity index (χ0v) is 16.1. The van der Waals surface area contributed by atoms with Gasteiger partial charge in [0, 0.05) is 23.5 Å². The summed E-state index contributed by atoms with van der Waals surface area (Å²) >= 11 is 0. The van der Waals surface area contributed by atoms with Crippen molar-refractivity contribution in [3.63, 3.8) is 0 Å². The average molecular weight is 348 g/mol. The molecule has 0 bridgehead atoms. The standard InChI is InChI=1S/C24H28O2/c1-17(2)15-22(24(26)20-13-9-6-10-14-20)21(18(3)4)16-23(25)19-11-7-5-8-12-19/h5-15,18,21-22H,16H2,1-4H3/t21-,22-/m0/s1. The highest BCUT2D eigenvalue weighted by molar-refractivity contribution is 6.00. The molecule has 0 saturated heterocycles. The fourth-order valence-corrected chi connectivity index (χ4v) is 3.28. The molecule has 2 atom stereocenters. The SMILES string of the molecule is CC(C)=C[C@H](C(=O)c1ccccc1)[C@@H](CC(=O)c1ccccc1)C(C)C. The number of benzene rings is 2. The number of carbonyl (C=O) groups is 2. The fourth-order valence-electron chi connectivity index (χ4n) is 3.28. The first-order valence-electron chi connectivity index (χ1n) is 9.22. The van der Waals surface area contributed by atoms with E-state index in [4.69, 9.17) is 0 Å². The maximum atomic E-state index is 13.2. The molecule has 0 fully saturated rings. The van der Waals surface area contributed by atoms with E-state index in [0.717, 1.165) is 5.57 Å². The quantitative estimate of drug-likeness (QED) is 0.433. The van der Waals surface area contributed by atoms with Gasteiger partial charge in [0.05, 0.1) is 0 Å². The van der Waals surface area contributed by atoms with Crippen LogP contribution in [0, 0.1) is 17.8 Å². The van der Waals surface area contributed by atoms with Gasteiger partial charge in [-0.05, 0) is 25.7 Å². The molecule has 0 radical (unpaired) electrons. The van der Waals surface area contributed by atoms with Crippen molar-refractivity contribution in [3.8, 4) is 0 Å². The highest BCUT2D eigenvalue weighted by atomic mass is 16.1. The minimum atomic E-state index is -0.296. The van der Waals surface area contributed by atoms with Crippen LogP contribution < -0.4 is 0 Å². The normalized spacial score (nSPS) is 13.1. The number of rotatable bonds is 8. The van der Waals surface area contributed by atoms with Crippen molar-refractivity contribution < 1.29 is 9.59 Å². The number of carbonyl (C=O) groups excluding carboxylic acids is 2. The summed E-state index contributed by atoms with van der Waals surface area (Å²) < 4.78 is 0. The van der Waals surface area contributed by atoms with Crippen LogP contribution in [0.15, 0.2) is 72.3 Å². The molecule has 2 aromatic rings. The van der Waals surface area contributed by atoms with Crippen LogP contribution in [-0.4, -0.2) is 11.6 Å². The minimum Gasteiger partial charge on any atom is -0.294 e. The molecular formula is C24H28O2. The molecule has 0 unspecified atom stereocenters. The average Bonchev–Trinajstić information content (AvgIpc) is 2.64. The van der Waals surface area contributed by atoms with Gasteiger partial charge in [-0.15, -0.1) is 0 Å². The molecule has 2 rings (SSSR count). The predicted octanol–water partition coefficient (Wildman–Crippen LogP) is 6.00. The smallest absolute Gasteiger partial charge is 0.170 e. The van der Waals surface area contributed by atoms with E-state index < -0.39 is 0 Å². The minimum absolute atomic E-state index is 0.0367. The van der Waals surface area contributed by atoms with Crippen molar-refractivity contribution in [2.24, 2.45) is 17.8 Å². The second-order valence-electron chi connectivity index (χ2n) is 7.40. The van der Waals surface area contributed by atoms with Crippen molar-refractivity contribution in [1.29, 1.82) is 0 Å². The highest BCUT2D eigenvalue weighted by Gasteiger charge is 2.31. The van der Waals surface area contributed by atoms with Gasteiger partial charge in [0.25, 0.3) is 0 Å². The van der Waals surface area contributed by atoms with Crippen LogP contribution in [0.4, 0.5) is 0 Å². The van der Waals surface area contributed by atoms with Gasteiger partial charge >= 0.3 is 0 Å². The molecule has 0 heterocycles. The van der Waals surface area contributed by atoms with E-state index in [1.807, 2.05) is 80.6 Å². The maximum absolute atomic E-state index is 13.2. The molecule has 26 heavy (non-hydrogen) atoms. The summed E-state index contributed by atoms with van der Waals surface area (Å²) in [5.74, 6) is 0.0694. The molecule has 136 valence electrons. The second kappa shape index (κ2) is 9.28. The van der Waals surface area contributed by atoms with Gasteiger partial charge in [-0.1, -0.05) is 86.2 Å². The van der Waals surface area contributed by atoms with Crippen molar-refractivity contribution in [1.82, 2.24) is 0 Å². The van der Waals surface area contributed by atoms with Crippen LogP contribution in [-0.2, 0) is 0 Å². The summed E-state index contributed by atoms with van der Waals surface area (Å²) in [6, 6.07) is 18.7. The lowest BCUT2D eigenvalue weighted by atomic mass is 9.75. The summed E-state index contributed by atoms with van der Waals surface area (Å²) in [6.45, 7) is 8.18. The van der Waals surface area contributed by atoms with Gasteiger partial charge in [0.15, 0.2) is 11.6 Å². The molecule has 2 nitrogen and oxygen atoms in total. The molecule has 0 amide bonds. The molecule has 0 spiro atoms. The summed E-state index contributed by atoms with van der Waals surface area (Å²) in [5, 5.41) is 0. The van der Waals surface area contributed by atoms with Crippen LogP contribution in [0.3, 0.4) is 0 Å². The zero-order valence-electron chi connectivity index (χ0n) is 16.1. The van der Waals surface area contributed by atoms with Crippen LogP contribution in [0.2, 0.25) is 0 Å². The third kappa shape index (κ3) is 5.26. The fraction of sp³-hybridized carbons (Fsp3) is 0.333. The predicted molar refractivity (Wildman–Crippen MR) is 107 cm³/mol. The molecule has 0 aliphatic rings. The van der Waals surface area contributed by atoms with Crippen molar-refractivity contribution in [2.45, 2.75) is 34.1 Å². The largest absolute Gasteiger partial charge is 0.294 e. The Hall–Kier alpha value is -2.48. The lowest BCUT2D eigenvalue weighted by molar-refractivity contribution is 0.0839. The van der Waals surface area contributed by atoms with Crippen molar-refractivity contribution in [3.05, 3.63) is 83.4 Å². The molecule has 0 N–H and O–H groups in total. The molecule has 2 aromatic carbocycles. The Morgan fingerprint density at radius 3 is 1.81 bits per heavy atom. The number of allylic oxidation sites excluding steroid dienone is 2. The van der Waals surface area contributed by atoms with E-state index in [1.165, 1.54) is 0 Å². The third-order valence-corrected chi connectivity index (χ3v) is 4.71. The van der Waals surface area contributed by atoms with E-state index in [2.05, 4.69) is 13.8 Å². The first-order chi connectivity index (χ1) is 12.4. The number of ketones is 2. The molecule has 0 aliphatic heterocycles. The summed E-state index contributed by atoms with van der Waals surface area (Å²) in [4.78, 5) is 26.0. The van der Waals surface area contributed by atoms with E-state index in [0.29, 0.717) is 17.5 Å². The van der Waals surface area contributed by atoms with Crippen LogP contribution in [0.25, 0.3) is 0 Å². The Kier molecular flexibility index (Phi) is 7.08. The first kappa shape index (κ1) is 19.8. The second-order valence-corrected chi connectivity index (χ2v) is 7.40. The summed E-state index contributed by atoms with van der Waals surface area (Å²) in [7, 11) is 0. The summed E-state index contributed by atoms with van der Waals surface area (Å²) in [5.41, 5.74) is 2.51. The molecule has 0 aromatic heterocycles.